The summed E-state index contributed by atoms with van der Waals surface area (Å²) in [6.45, 7) is 3.78. The lowest BCUT2D eigenvalue weighted by Gasteiger charge is -2.18. The number of hydrogen-bond acceptors (Lipinski definition) is 2. The molecule has 1 fully saturated rings. The number of carbonyl (C=O) groups is 1. The van der Waals surface area contributed by atoms with Gasteiger partial charge in [0.1, 0.15) is 0 Å². The van der Waals surface area contributed by atoms with Crippen LogP contribution in [0, 0.1) is 11.8 Å². The van der Waals surface area contributed by atoms with Crippen molar-refractivity contribution in [3.05, 3.63) is 11.8 Å². The highest BCUT2D eigenvalue weighted by molar-refractivity contribution is 5.92. The van der Waals surface area contributed by atoms with Crippen LogP contribution in [0.5, 0.6) is 0 Å². The van der Waals surface area contributed by atoms with Gasteiger partial charge >= 0.3 is 0 Å². The van der Waals surface area contributed by atoms with E-state index >= 15 is 0 Å². The molecule has 0 radical (unpaired) electrons. The van der Waals surface area contributed by atoms with Gasteiger partial charge in [-0.1, -0.05) is 33.1 Å². The van der Waals surface area contributed by atoms with Crippen molar-refractivity contribution in [1.29, 1.82) is 0 Å². The maximum atomic E-state index is 11.7. The Morgan fingerprint density at radius 3 is 2.36 bits per heavy atom. The summed E-state index contributed by atoms with van der Waals surface area (Å²) in [7, 11) is 0. The third-order valence-electron chi connectivity index (χ3n) is 2.89. The molecule has 2 nitrogen and oxygen atoms in total. The van der Waals surface area contributed by atoms with Gasteiger partial charge in [-0.25, -0.2) is 0 Å². The maximum Gasteiger partial charge on any atom is 0.162 e. The zero-order valence-electron chi connectivity index (χ0n) is 9.12. The Morgan fingerprint density at radius 2 is 1.86 bits per heavy atom. The topological polar surface area (TPSA) is 37.3 Å². The highest BCUT2D eigenvalue weighted by Gasteiger charge is 2.20. The van der Waals surface area contributed by atoms with Crippen molar-refractivity contribution in [3.8, 4) is 0 Å². The van der Waals surface area contributed by atoms with Gasteiger partial charge in [0.15, 0.2) is 5.78 Å². The number of ketones is 1. The normalized spacial score (nSPS) is 20.1. The molecule has 0 unspecified atom stereocenters. The van der Waals surface area contributed by atoms with E-state index in [0.29, 0.717) is 0 Å². The van der Waals surface area contributed by atoms with Gasteiger partial charge in [0.25, 0.3) is 0 Å². The predicted molar refractivity (Wildman–Crippen MR) is 57.1 cm³/mol. The van der Waals surface area contributed by atoms with E-state index in [2.05, 4.69) is 0 Å². The summed E-state index contributed by atoms with van der Waals surface area (Å²) in [4.78, 5) is 11.7. The van der Waals surface area contributed by atoms with Crippen LogP contribution < -0.4 is 0 Å². The molecule has 0 heterocycles. The lowest BCUT2D eigenvalue weighted by atomic mass is 9.86. The van der Waals surface area contributed by atoms with Crippen LogP contribution in [0.4, 0.5) is 0 Å². The van der Waals surface area contributed by atoms with E-state index in [1.807, 2.05) is 13.8 Å². The van der Waals surface area contributed by atoms with Crippen LogP contribution in [0.25, 0.3) is 0 Å². The van der Waals surface area contributed by atoms with E-state index in [1.54, 1.807) is 0 Å². The lowest BCUT2D eigenvalue weighted by molar-refractivity contribution is -0.119. The Hall–Kier alpha value is -0.790. The summed E-state index contributed by atoms with van der Waals surface area (Å²) in [5.41, 5.74) is 0. The summed E-state index contributed by atoms with van der Waals surface area (Å²) in [6.07, 6.45) is 7.01. The van der Waals surface area contributed by atoms with Crippen molar-refractivity contribution >= 4 is 5.78 Å². The molecule has 0 aliphatic heterocycles. The van der Waals surface area contributed by atoms with Gasteiger partial charge in [-0.3, -0.25) is 4.79 Å². The number of hydrogen-bond donors (Lipinski definition) is 1. The molecule has 0 aromatic rings. The third kappa shape index (κ3) is 3.17. The molecule has 0 spiro atoms. The molecule has 2 heteroatoms. The fraction of sp³-hybridized carbons (Fsp3) is 0.750. The second kappa shape index (κ2) is 5.18. The Labute approximate surface area is 86.0 Å². The summed E-state index contributed by atoms with van der Waals surface area (Å²) in [5.74, 6) is 0.573. The molecule has 80 valence electrons. The van der Waals surface area contributed by atoms with Crippen molar-refractivity contribution in [2.75, 3.05) is 0 Å². The average Bonchev–Trinajstić information content (AvgIpc) is 2.19. The van der Waals surface area contributed by atoms with Crippen molar-refractivity contribution in [3.63, 3.8) is 0 Å². The van der Waals surface area contributed by atoms with Crippen LogP contribution in [0.1, 0.15) is 46.0 Å². The molecule has 1 aliphatic rings. The molecule has 0 bridgehead atoms. The van der Waals surface area contributed by atoms with Gasteiger partial charge in [0.2, 0.25) is 0 Å². The molecule has 0 saturated heterocycles. The van der Waals surface area contributed by atoms with Crippen LogP contribution in [-0.4, -0.2) is 10.9 Å². The van der Waals surface area contributed by atoms with Crippen LogP contribution in [0.2, 0.25) is 0 Å². The minimum Gasteiger partial charge on any atom is -0.512 e. The SMILES string of the molecule is CC(C)/C(O)=C/C(=O)C1CCCCC1. The lowest BCUT2D eigenvalue weighted by Crippen LogP contribution is -2.16. The largest absolute Gasteiger partial charge is 0.512 e. The number of allylic oxidation sites excluding steroid dienone is 2. The summed E-state index contributed by atoms with van der Waals surface area (Å²) < 4.78 is 0. The molecular weight excluding hydrogens is 176 g/mol. The molecular formula is C12H20O2. The molecule has 0 aromatic carbocycles. The van der Waals surface area contributed by atoms with E-state index in [0.717, 1.165) is 25.7 Å². The van der Waals surface area contributed by atoms with Crippen molar-refractivity contribution < 1.29 is 9.90 Å². The number of aliphatic hydroxyl groups is 1. The zero-order valence-corrected chi connectivity index (χ0v) is 9.12. The average molecular weight is 196 g/mol. The minimum absolute atomic E-state index is 0.0579. The fourth-order valence-electron chi connectivity index (χ4n) is 1.82. The van der Waals surface area contributed by atoms with E-state index in [-0.39, 0.29) is 23.4 Å². The standard InChI is InChI=1S/C12H20O2/c1-9(2)11(13)8-12(14)10-6-4-3-5-7-10/h8-10,13H,3-7H2,1-2H3/b11-8-. The molecule has 14 heavy (non-hydrogen) atoms. The first kappa shape index (κ1) is 11.3. The smallest absolute Gasteiger partial charge is 0.162 e. The molecule has 1 N–H and O–H groups in total. The van der Waals surface area contributed by atoms with Crippen molar-refractivity contribution in [1.82, 2.24) is 0 Å². The first-order valence-electron chi connectivity index (χ1n) is 5.55. The highest BCUT2D eigenvalue weighted by Crippen LogP contribution is 2.25. The van der Waals surface area contributed by atoms with Gasteiger partial charge < -0.3 is 5.11 Å². The van der Waals surface area contributed by atoms with Crippen LogP contribution in [-0.2, 0) is 4.79 Å². The predicted octanol–water partition coefficient (Wildman–Crippen LogP) is 3.23. The summed E-state index contributed by atoms with van der Waals surface area (Å²) >= 11 is 0. The molecule has 1 saturated carbocycles. The Balaban J connectivity index is 2.51. The Kier molecular flexibility index (Phi) is 4.18. The second-order valence-electron chi connectivity index (χ2n) is 4.46. The van der Waals surface area contributed by atoms with Crippen LogP contribution in [0.3, 0.4) is 0 Å². The van der Waals surface area contributed by atoms with Crippen molar-refractivity contribution in [2.45, 2.75) is 46.0 Å². The van der Waals surface area contributed by atoms with Crippen molar-refractivity contribution in [2.24, 2.45) is 11.8 Å². The zero-order chi connectivity index (χ0) is 10.6. The first-order valence-corrected chi connectivity index (χ1v) is 5.55. The number of carbonyl (C=O) groups excluding carboxylic acids is 1. The maximum absolute atomic E-state index is 11.7. The quantitative estimate of drug-likeness (QED) is 0.555. The van der Waals surface area contributed by atoms with Gasteiger partial charge in [0, 0.05) is 17.9 Å². The van der Waals surface area contributed by atoms with E-state index in [4.69, 9.17) is 0 Å². The molecule has 1 rings (SSSR count). The van der Waals surface area contributed by atoms with E-state index in [1.165, 1.54) is 12.5 Å². The molecule has 0 amide bonds. The Morgan fingerprint density at radius 1 is 1.29 bits per heavy atom. The van der Waals surface area contributed by atoms with Gasteiger partial charge in [-0.15, -0.1) is 0 Å². The first-order chi connectivity index (χ1) is 6.61. The minimum atomic E-state index is 0.0579. The summed E-state index contributed by atoms with van der Waals surface area (Å²) in [5, 5.41) is 9.47. The molecule has 0 aromatic heterocycles. The van der Waals surface area contributed by atoms with E-state index in [9.17, 15) is 9.90 Å². The molecule has 1 aliphatic carbocycles. The Bertz CT molecular complexity index is 222. The number of aliphatic hydroxyl groups excluding tert-OH is 1. The fourth-order valence-corrected chi connectivity index (χ4v) is 1.82. The van der Waals surface area contributed by atoms with Gasteiger partial charge in [0.05, 0.1) is 5.76 Å². The second-order valence-corrected chi connectivity index (χ2v) is 4.46. The van der Waals surface area contributed by atoms with E-state index < -0.39 is 0 Å². The highest BCUT2D eigenvalue weighted by atomic mass is 16.3. The van der Waals surface area contributed by atoms with Gasteiger partial charge in [-0.2, -0.15) is 0 Å². The van der Waals surface area contributed by atoms with Gasteiger partial charge in [-0.05, 0) is 12.8 Å². The monoisotopic (exact) mass is 196 g/mol. The van der Waals surface area contributed by atoms with Crippen LogP contribution in [0.15, 0.2) is 11.8 Å². The van der Waals surface area contributed by atoms with Crippen LogP contribution >= 0.6 is 0 Å². The third-order valence-corrected chi connectivity index (χ3v) is 2.89. The summed E-state index contributed by atoms with van der Waals surface area (Å²) in [6, 6.07) is 0. The molecule has 0 atom stereocenters. The number of rotatable bonds is 3.